The van der Waals surface area contributed by atoms with Gasteiger partial charge in [-0.1, -0.05) is 0 Å². The van der Waals surface area contributed by atoms with Gasteiger partial charge in [-0.3, -0.25) is 9.36 Å². The minimum absolute atomic E-state index is 0.0207. The average molecular weight is 456 g/mol. The number of nitrogens with two attached hydrogens (primary N) is 1. The van der Waals surface area contributed by atoms with Crippen molar-refractivity contribution in [2.75, 3.05) is 11.1 Å². The van der Waals surface area contributed by atoms with Crippen LogP contribution in [-0.2, 0) is 13.2 Å². The number of aryl methyl sites for hydroxylation is 2. The fourth-order valence-corrected chi connectivity index (χ4v) is 3.38. The highest BCUT2D eigenvalue weighted by Crippen LogP contribution is 2.34. The number of anilines is 2. The molecule has 148 valence electrons. The number of pyridine rings is 1. The van der Waals surface area contributed by atoms with Gasteiger partial charge in [0.15, 0.2) is 0 Å². The van der Waals surface area contributed by atoms with E-state index >= 15 is 0 Å². The molecule has 1 atom stereocenters. The zero-order valence-corrected chi connectivity index (χ0v) is 16.8. The number of alkyl halides is 3. The molecule has 3 N–H and O–H groups in total. The second-order valence-corrected chi connectivity index (χ2v) is 7.32. The van der Waals surface area contributed by atoms with Crippen LogP contribution in [0.3, 0.4) is 0 Å². The van der Waals surface area contributed by atoms with E-state index in [2.05, 4.69) is 31.2 Å². The number of nitrogen functional groups attached to an aromatic ring is 1. The van der Waals surface area contributed by atoms with Gasteiger partial charge in [0.1, 0.15) is 17.3 Å². The lowest BCUT2D eigenvalue weighted by Crippen LogP contribution is -2.20. The Bertz CT molecular complexity index is 1130. The van der Waals surface area contributed by atoms with Crippen molar-refractivity contribution >= 4 is 38.5 Å². The number of hydrogen-bond donors (Lipinski definition) is 2. The highest BCUT2D eigenvalue weighted by molar-refractivity contribution is 9.10. The lowest BCUT2D eigenvalue weighted by atomic mass is 10.0. The van der Waals surface area contributed by atoms with Crippen molar-refractivity contribution in [1.82, 2.24) is 14.5 Å². The van der Waals surface area contributed by atoms with Crippen molar-refractivity contribution in [2.24, 2.45) is 7.05 Å². The highest BCUT2D eigenvalue weighted by Gasteiger charge is 2.31. The Morgan fingerprint density at radius 3 is 2.54 bits per heavy atom. The first-order valence-electron chi connectivity index (χ1n) is 8.25. The third kappa shape index (κ3) is 3.82. The Kier molecular flexibility index (Phi) is 5.09. The number of hydrogen-bond acceptors (Lipinski definition) is 5. The van der Waals surface area contributed by atoms with Crippen LogP contribution >= 0.6 is 15.9 Å². The Hall–Kier alpha value is -2.62. The summed E-state index contributed by atoms with van der Waals surface area (Å²) in [7, 11) is 1.59. The van der Waals surface area contributed by atoms with Gasteiger partial charge >= 0.3 is 6.18 Å². The molecule has 0 aliphatic carbocycles. The van der Waals surface area contributed by atoms with Gasteiger partial charge in [-0.2, -0.15) is 13.2 Å². The van der Waals surface area contributed by atoms with Crippen LogP contribution in [0.25, 0.3) is 11.0 Å². The third-order valence-electron chi connectivity index (χ3n) is 4.29. The van der Waals surface area contributed by atoms with E-state index in [1.54, 1.807) is 27.0 Å². The number of aromatic nitrogens is 3. The molecule has 0 amide bonds. The van der Waals surface area contributed by atoms with E-state index < -0.39 is 17.8 Å². The molecule has 0 bridgehead atoms. The van der Waals surface area contributed by atoms with Crippen molar-refractivity contribution in [2.45, 2.75) is 26.1 Å². The largest absolute Gasteiger partial charge is 0.416 e. The van der Waals surface area contributed by atoms with Crippen molar-refractivity contribution in [3.63, 3.8) is 0 Å². The zero-order valence-electron chi connectivity index (χ0n) is 15.2. The molecule has 3 rings (SSSR count). The van der Waals surface area contributed by atoms with Crippen molar-refractivity contribution in [1.29, 1.82) is 0 Å². The van der Waals surface area contributed by atoms with Gasteiger partial charge in [0.25, 0.3) is 5.56 Å². The predicted octanol–water partition coefficient (Wildman–Crippen LogP) is 4.17. The molecule has 0 spiro atoms. The lowest BCUT2D eigenvalue weighted by molar-refractivity contribution is -0.137. The van der Waals surface area contributed by atoms with Crippen LogP contribution in [-0.4, -0.2) is 14.5 Å². The average Bonchev–Trinajstić information content (AvgIpc) is 2.59. The molecule has 1 aromatic carbocycles. The summed E-state index contributed by atoms with van der Waals surface area (Å²) < 4.78 is 41.0. The Balaban J connectivity index is 2.08. The summed E-state index contributed by atoms with van der Waals surface area (Å²) in [6, 6.07) is 4.49. The summed E-state index contributed by atoms with van der Waals surface area (Å²) in [4.78, 5) is 20.8. The van der Waals surface area contributed by atoms with Gasteiger partial charge < -0.3 is 11.1 Å². The van der Waals surface area contributed by atoms with E-state index in [1.165, 1.54) is 10.6 Å². The van der Waals surface area contributed by atoms with Crippen LogP contribution in [0.5, 0.6) is 0 Å². The molecule has 0 aliphatic heterocycles. The molecular formula is C18H17BrF3N5O. The highest BCUT2D eigenvalue weighted by atomic mass is 79.9. The molecule has 6 nitrogen and oxygen atoms in total. The van der Waals surface area contributed by atoms with Crippen LogP contribution in [0.1, 0.15) is 29.9 Å². The molecule has 0 saturated carbocycles. The molecule has 0 fully saturated rings. The first-order valence-corrected chi connectivity index (χ1v) is 9.04. The second-order valence-electron chi connectivity index (χ2n) is 6.47. The maximum atomic E-state index is 13.1. The van der Waals surface area contributed by atoms with E-state index in [0.29, 0.717) is 32.7 Å². The smallest absolute Gasteiger partial charge is 0.399 e. The summed E-state index contributed by atoms with van der Waals surface area (Å²) in [6.07, 6.45) is -4.49. The van der Waals surface area contributed by atoms with Crippen molar-refractivity contribution in [3.8, 4) is 0 Å². The van der Waals surface area contributed by atoms with E-state index in [0.717, 1.165) is 12.1 Å². The summed E-state index contributed by atoms with van der Waals surface area (Å²) in [5.74, 6) is 0.824. The maximum Gasteiger partial charge on any atom is 0.416 e. The number of benzene rings is 1. The first-order chi connectivity index (χ1) is 13.0. The maximum absolute atomic E-state index is 13.1. The third-order valence-corrected chi connectivity index (χ3v) is 4.86. The number of nitrogens with one attached hydrogen (secondary N) is 1. The van der Waals surface area contributed by atoms with E-state index in [9.17, 15) is 18.0 Å². The second kappa shape index (κ2) is 7.08. The zero-order chi connectivity index (χ0) is 20.8. The lowest BCUT2D eigenvalue weighted by Gasteiger charge is -2.19. The fraction of sp³-hybridized carbons (Fsp3) is 0.278. The number of nitrogens with zero attached hydrogens (tertiary/aromatic N) is 3. The first kappa shape index (κ1) is 20.1. The topological polar surface area (TPSA) is 85.8 Å². The molecule has 3 aromatic rings. The minimum Gasteiger partial charge on any atom is -0.399 e. The molecule has 2 aromatic heterocycles. The van der Waals surface area contributed by atoms with E-state index in [1.807, 2.05) is 0 Å². The van der Waals surface area contributed by atoms with E-state index in [4.69, 9.17) is 5.73 Å². The van der Waals surface area contributed by atoms with Gasteiger partial charge in [-0.25, -0.2) is 9.97 Å². The van der Waals surface area contributed by atoms with Gasteiger partial charge in [0.05, 0.1) is 21.5 Å². The molecule has 1 unspecified atom stereocenters. The molecule has 0 saturated heterocycles. The van der Waals surface area contributed by atoms with Crippen LogP contribution in [0.4, 0.5) is 24.7 Å². The molecule has 0 aliphatic rings. The molecule has 2 heterocycles. The van der Waals surface area contributed by atoms with Crippen LogP contribution in [0, 0.1) is 6.92 Å². The van der Waals surface area contributed by atoms with Gasteiger partial charge in [-0.15, -0.1) is 0 Å². The van der Waals surface area contributed by atoms with Crippen LogP contribution < -0.4 is 16.6 Å². The van der Waals surface area contributed by atoms with Crippen molar-refractivity contribution < 1.29 is 13.2 Å². The summed E-state index contributed by atoms with van der Waals surface area (Å²) >= 11 is 3.21. The SMILES string of the molecule is Cc1nc(NC(C)c2cc(N)cc(C(F)(F)F)c2)c2cc(Br)c(=O)n(C)c2n1. The standard InChI is InChI=1S/C18H17BrF3N5O/c1-8(10-4-11(18(20,21)22)6-12(23)5-10)24-15-13-7-14(19)17(28)27(3)16(13)26-9(2)25-15/h4-8H,23H2,1-3H3,(H,24,25,26). The molecule has 28 heavy (non-hydrogen) atoms. The number of rotatable bonds is 3. The monoisotopic (exact) mass is 455 g/mol. The molecule has 0 radical (unpaired) electrons. The summed E-state index contributed by atoms with van der Waals surface area (Å²) in [6.45, 7) is 3.37. The predicted molar refractivity (Wildman–Crippen MR) is 105 cm³/mol. The molecular weight excluding hydrogens is 439 g/mol. The summed E-state index contributed by atoms with van der Waals surface area (Å²) in [5, 5.41) is 3.67. The van der Waals surface area contributed by atoms with Crippen LogP contribution in [0.15, 0.2) is 33.5 Å². The Morgan fingerprint density at radius 1 is 1.21 bits per heavy atom. The Labute approximate surface area is 166 Å². The quantitative estimate of drug-likeness (QED) is 0.578. The molecule has 10 heteroatoms. The number of halogens is 4. The normalized spacial score (nSPS) is 13.0. The fourth-order valence-electron chi connectivity index (χ4n) is 2.89. The van der Waals surface area contributed by atoms with Crippen LogP contribution in [0.2, 0.25) is 0 Å². The van der Waals surface area contributed by atoms with Crippen molar-refractivity contribution in [3.05, 3.63) is 56.0 Å². The summed E-state index contributed by atoms with van der Waals surface area (Å²) in [5.41, 5.74) is 5.39. The van der Waals surface area contributed by atoms with Gasteiger partial charge in [-0.05, 0) is 59.6 Å². The van der Waals surface area contributed by atoms with Gasteiger partial charge in [0.2, 0.25) is 0 Å². The van der Waals surface area contributed by atoms with E-state index in [-0.39, 0.29) is 11.2 Å². The number of fused-ring (bicyclic) bond motifs is 1. The Morgan fingerprint density at radius 2 is 1.89 bits per heavy atom. The van der Waals surface area contributed by atoms with Gasteiger partial charge in [0, 0.05) is 12.7 Å². The minimum atomic E-state index is -4.49.